The van der Waals surface area contributed by atoms with E-state index >= 15 is 0 Å². The van der Waals surface area contributed by atoms with Gasteiger partial charge in [-0.1, -0.05) is 131 Å². The van der Waals surface area contributed by atoms with Crippen molar-refractivity contribution in [3.63, 3.8) is 0 Å². The number of aryl methyl sites for hydroxylation is 6. The minimum absolute atomic E-state index is 0.0898. The first kappa shape index (κ1) is 58.4. The highest BCUT2D eigenvalue weighted by Gasteiger charge is 2.38. The molecule has 91 heavy (non-hydrogen) atoms. The largest absolute Gasteiger partial charge is 0.435 e. The molecule has 6 aromatic heterocycles. The number of hydrogen-bond acceptors (Lipinski definition) is 12. The van der Waals surface area contributed by atoms with Gasteiger partial charge in [0, 0.05) is 91.3 Å². The van der Waals surface area contributed by atoms with Gasteiger partial charge in [0.1, 0.15) is 18.5 Å². The number of fused-ring (bicyclic) bond motifs is 10. The van der Waals surface area contributed by atoms with Gasteiger partial charge in [-0.25, -0.2) is 15.0 Å². The Bertz CT molecular complexity index is 4960. The molecule has 0 fully saturated rings. The molecule has 7 aromatic carbocycles. The molecule has 0 aliphatic carbocycles. The molecule has 12 heteroatoms. The molecule has 0 amide bonds. The number of nitrogens with zero attached hydrogens (tertiary/aromatic N) is 9. The van der Waals surface area contributed by atoms with Gasteiger partial charge in [-0.05, 0) is 175 Å². The lowest BCUT2D eigenvalue weighted by Crippen LogP contribution is -2.37. The first-order valence-electron chi connectivity index (χ1n) is 31.8. The van der Waals surface area contributed by atoms with Crippen molar-refractivity contribution in [2.45, 2.75) is 120 Å². The molecule has 0 saturated heterocycles. The van der Waals surface area contributed by atoms with Crippen LogP contribution in [0.1, 0.15) is 105 Å². The Hall–Kier alpha value is -10.3. The van der Waals surface area contributed by atoms with E-state index in [1.165, 1.54) is 56.3 Å². The maximum atomic E-state index is 6.39. The van der Waals surface area contributed by atoms with Crippen LogP contribution in [0.3, 0.4) is 0 Å². The summed E-state index contributed by atoms with van der Waals surface area (Å²) in [5, 5.41) is 6.51. The van der Waals surface area contributed by atoms with E-state index in [0.29, 0.717) is 29.0 Å². The molecule has 3 atom stereocenters. The van der Waals surface area contributed by atoms with E-state index in [1.54, 1.807) is 0 Å². The summed E-state index contributed by atoms with van der Waals surface area (Å²) in [5.41, 5.74) is 23.4. The summed E-state index contributed by atoms with van der Waals surface area (Å²) in [6.07, 6.45) is 9.04. The minimum Gasteiger partial charge on any atom is -0.435 e. The van der Waals surface area contributed by atoms with Crippen LogP contribution in [-0.4, -0.2) is 33.4 Å². The van der Waals surface area contributed by atoms with E-state index in [1.807, 2.05) is 45.0 Å². The van der Waals surface area contributed by atoms with Crippen molar-refractivity contribution in [2.24, 2.45) is 0 Å². The van der Waals surface area contributed by atoms with Crippen molar-refractivity contribution in [2.75, 3.05) is 29.4 Å². The predicted molar refractivity (Wildman–Crippen MR) is 378 cm³/mol. The normalized spacial score (nSPS) is 16.3. The van der Waals surface area contributed by atoms with Gasteiger partial charge in [-0.2, -0.15) is 0 Å². The summed E-state index contributed by atoms with van der Waals surface area (Å²) >= 11 is 0. The number of pyridine rings is 3. The quantitative estimate of drug-likeness (QED) is 0.145. The van der Waals surface area contributed by atoms with Crippen molar-refractivity contribution in [3.05, 3.63) is 246 Å². The molecule has 13 aromatic rings. The van der Waals surface area contributed by atoms with E-state index in [-0.39, 0.29) is 18.5 Å². The summed E-state index contributed by atoms with van der Waals surface area (Å²) in [7, 11) is 0. The van der Waals surface area contributed by atoms with Crippen LogP contribution in [0.2, 0.25) is 0 Å². The van der Waals surface area contributed by atoms with Crippen molar-refractivity contribution >= 4 is 112 Å². The summed E-state index contributed by atoms with van der Waals surface area (Å²) < 4.78 is 19.0. The molecule has 456 valence electrons. The molecular formula is C79H77N9O3. The molecule has 0 radical (unpaired) electrons. The molecule has 12 nitrogen and oxygen atoms in total. The van der Waals surface area contributed by atoms with Crippen LogP contribution in [0.5, 0.6) is 0 Å². The number of rotatable bonds is 8. The second-order valence-corrected chi connectivity index (χ2v) is 25.2. The first-order chi connectivity index (χ1) is 44.0. The van der Waals surface area contributed by atoms with Gasteiger partial charge < -0.3 is 42.7 Å². The number of benzene rings is 7. The van der Waals surface area contributed by atoms with E-state index in [2.05, 4.69) is 290 Å². The van der Waals surface area contributed by atoms with Crippen LogP contribution in [0.15, 0.2) is 214 Å². The van der Waals surface area contributed by atoms with Gasteiger partial charge in [0.15, 0.2) is 16.7 Å². The third kappa shape index (κ3) is 10.1. The maximum absolute atomic E-state index is 6.39. The summed E-state index contributed by atoms with van der Waals surface area (Å²) in [4.78, 5) is 28.0. The summed E-state index contributed by atoms with van der Waals surface area (Å²) in [6.45, 7) is 28.3. The fourth-order valence-electron chi connectivity index (χ4n) is 13.8. The third-order valence-corrected chi connectivity index (χ3v) is 18.4. The molecule has 3 unspecified atom stereocenters. The Kier molecular flexibility index (Phi) is 14.9. The molecule has 0 bridgehead atoms. The van der Waals surface area contributed by atoms with Gasteiger partial charge in [-0.3, -0.25) is 0 Å². The van der Waals surface area contributed by atoms with Crippen LogP contribution in [-0.2, 0) is 0 Å². The molecule has 3 aliphatic heterocycles. The number of hydrogen-bond donors (Lipinski definition) is 0. The first-order valence-corrected chi connectivity index (χ1v) is 31.8. The highest BCUT2D eigenvalue weighted by molar-refractivity contribution is 6.12. The number of aromatic nitrogens is 3. The Balaban J connectivity index is 0.000000119. The predicted octanol–water partition coefficient (Wildman–Crippen LogP) is 21.0. The average Bonchev–Trinajstić information content (AvgIpc) is 1.62. The zero-order valence-corrected chi connectivity index (χ0v) is 54.2. The topological polar surface area (TPSA) is 97.5 Å². The zero-order valence-electron chi connectivity index (χ0n) is 54.2. The standard InChI is InChI=1S/C29H33N3O.C27H23N3O.C23H21N3O/c1-17(2)22-9-8-10-23(18(3)4)27(22)32-16-15-31(21(32)7)26-19(5)11-13-24-25-14-12-20(6)30-29(25)33-28(24)26;1-17-13-15-21-22-16-14-18(2)28-27(22)31-26(21)25(17)30-19(3)29(20-9-5-4-6-10-20)23-11-7-8-12-24(23)30;1-15-9-11-19-20-12-10-16(2)24-23(20)27-22(19)21(15)26-14-13-25(17(26)3)18-7-5-4-6-8-18/h8-18,21H,1-7H3;4-16,19H,1-3H3;4-14,17H,1-3H3. The lowest BCUT2D eigenvalue weighted by Gasteiger charge is -2.34. The highest BCUT2D eigenvalue weighted by atomic mass is 16.3. The average molecular weight is 1200 g/mol. The highest BCUT2D eigenvalue weighted by Crippen LogP contribution is 2.51. The van der Waals surface area contributed by atoms with Crippen molar-refractivity contribution in [3.8, 4) is 0 Å². The van der Waals surface area contributed by atoms with Gasteiger partial charge >= 0.3 is 0 Å². The maximum Gasteiger partial charge on any atom is 0.227 e. The van der Waals surface area contributed by atoms with Gasteiger partial charge in [-0.15, -0.1) is 0 Å². The smallest absolute Gasteiger partial charge is 0.227 e. The Labute approximate surface area is 532 Å². The van der Waals surface area contributed by atoms with Crippen molar-refractivity contribution in [1.82, 2.24) is 15.0 Å². The fourth-order valence-corrected chi connectivity index (χ4v) is 13.8. The van der Waals surface area contributed by atoms with E-state index in [9.17, 15) is 0 Å². The Morgan fingerprint density at radius 2 is 0.670 bits per heavy atom. The van der Waals surface area contributed by atoms with Crippen LogP contribution < -0.4 is 29.4 Å². The van der Waals surface area contributed by atoms with E-state index < -0.39 is 0 Å². The van der Waals surface area contributed by atoms with E-state index in [4.69, 9.17) is 13.3 Å². The molecule has 16 rings (SSSR count). The van der Waals surface area contributed by atoms with Crippen molar-refractivity contribution < 1.29 is 13.3 Å². The van der Waals surface area contributed by atoms with Gasteiger partial charge in [0.2, 0.25) is 17.1 Å². The van der Waals surface area contributed by atoms with Crippen LogP contribution in [0, 0.1) is 41.5 Å². The van der Waals surface area contributed by atoms with Crippen LogP contribution >= 0.6 is 0 Å². The Morgan fingerprint density at radius 1 is 0.319 bits per heavy atom. The zero-order chi connectivity index (χ0) is 63.1. The SMILES string of the molecule is Cc1ccc2c(n1)oc1c(N3C=CN(c4c(C(C)C)cccc4C(C)C)C3C)c(C)ccc12.Cc1ccc2c(n1)oc1c(N3C=CN(c4ccccc4)C3C)c(C)ccc12.Cc1ccc2c(n1)oc1c(N3c4ccccc4N(c4ccccc4)C3C)c(C)ccc12. The second kappa shape index (κ2) is 23.2. The van der Waals surface area contributed by atoms with Crippen LogP contribution in [0.4, 0.5) is 45.5 Å². The minimum atomic E-state index is 0.0898. The summed E-state index contributed by atoms with van der Waals surface area (Å²) in [5.74, 6) is 0.895. The van der Waals surface area contributed by atoms with Crippen LogP contribution in [0.25, 0.3) is 66.2 Å². The molecular weight excluding hydrogens is 1120 g/mol. The van der Waals surface area contributed by atoms with Gasteiger partial charge in [0.25, 0.3) is 0 Å². The molecule has 9 heterocycles. The number of para-hydroxylation sites is 5. The number of anilines is 8. The monoisotopic (exact) mass is 1200 g/mol. The van der Waals surface area contributed by atoms with Crippen molar-refractivity contribution in [1.29, 1.82) is 0 Å². The molecule has 0 spiro atoms. The van der Waals surface area contributed by atoms with Gasteiger partial charge in [0.05, 0.1) is 28.4 Å². The second-order valence-electron chi connectivity index (χ2n) is 25.2. The molecule has 0 saturated carbocycles. The molecule has 0 N–H and O–H groups in total. The fraction of sp³-hybridized carbons (Fsp3) is 0.228. The number of furan rings is 3. The lowest BCUT2D eigenvalue weighted by atomic mass is 9.92. The lowest BCUT2D eigenvalue weighted by molar-refractivity contribution is 0.646. The Morgan fingerprint density at radius 3 is 1.11 bits per heavy atom. The summed E-state index contributed by atoms with van der Waals surface area (Å²) in [6, 6.07) is 61.8. The van der Waals surface area contributed by atoms with E-state index in [0.717, 1.165) is 83.2 Å². The molecule has 3 aliphatic rings. The third-order valence-electron chi connectivity index (χ3n) is 18.4.